The van der Waals surface area contributed by atoms with E-state index in [-0.39, 0.29) is 11.6 Å². The lowest BCUT2D eigenvalue weighted by molar-refractivity contribution is 0.100. The summed E-state index contributed by atoms with van der Waals surface area (Å²) in [5.74, 6) is 1.30. The van der Waals surface area contributed by atoms with E-state index < -0.39 is 0 Å². The van der Waals surface area contributed by atoms with E-state index in [1.54, 1.807) is 26.0 Å². The summed E-state index contributed by atoms with van der Waals surface area (Å²) in [7, 11) is 0. The van der Waals surface area contributed by atoms with Gasteiger partial charge in [-0.3, -0.25) is 9.59 Å². The lowest BCUT2D eigenvalue weighted by Crippen LogP contribution is -2.05. The Kier molecular flexibility index (Phi) is 7.20. The van der Waals surface area contributed by atoms with Crippen LogP contribution >= 0.6 is 0 Å². The van der Waals surface area contributed by atoms with Crippen LogP contribution in [0.3, 0.4) is 0 Å². The molecule has 0 atom stereocenters. The van der Waals surface area contributed by atoms with E-state index >= 15 is 0 Å². The number of unbranched alkanes of at least 4 members (excludes halogenated alkanes) is 2. The Morgan fingerprint density at radius 1 is 0.680 bits per heavy atom. The van der Waals surface area contributed by atoms with E-state index in [0.29, 0.717) is 35.8 Å². The number of hydrogen-bond donors (Lipinski definition) is 0. The zero-order valence-corrected chi connectivity index (χ0v) is 14.8. The Hall–Kier alpha value is -2.62. The number of carbonyl (C=O) groups is 2. The molecule has 0 amide bonds. The molecule has 0 heterocycles. The van der Waals surface area contributed by atoms with Gasteiger partial charge in [0.25, 0.3) is 0 Å². The number of carbonyl (C=O) groups excluding carboxylic acids is 2. The van der Waals surface area contributed by atoms with E-state index in [1.807, 2.05) is 36.4 Å². The molecule has 0 aliphatic heterocycles. The highest BCUT2D eigenvalue weighted by atomic mass is 16.5. The third-order valence-corrected chi connectivity index (χ3v) is 3.84. The molecule has 0 radical (unpaired) electrons. The fraction of sp³-hybridized carbons (Fsp3) is 0.333. The highest BCUT2D eigenvalue weighted by molar-refractivity contribution is 5.97. The van der Waals surface area contributed by atoms with E-state index in [9.17, 15) is 9.59 Å². The van der Waals surface area contributed by atoms with Crippen LogP contribution in [0.2, 0.25) is 0 Å². The van der Waals surface area contributed by atoms with Crippen molar-refractivity contribution in [2.75, 3.05) is 13.2 Å². The van der Waals surface area contributed by atoms with E-state index in [0.717, 1.165) is 19.3 Å². The van der Waals surface area contributed by atoms with Crippen molar-refractivity contribution in [1.29, 1.82) is 0 Å². The van der Waals surface area contributed by atoms with Crippen LogP contribution < -0.4 is 9.47 Å². The third-order valence-electron chi connectivity index (χ3n) is 3.84. The van der Waals surface area contributed by atoms with Crippen molar-refractivity contribution in [3.63, 3.8) is 0 Å². The van der Waals surface area contributed by atoms with Crippen molar-refractivity contribution >= 4 is 11.6 Å². The van der Waals surface area contributed by atoms with E-state index in [2.05, 4.69) is 0 Å². The monoisotopic (exact) mass is 340 g/mol. The van der Waals surface area contributed by atoms with Crippen molar-refractivity contribution in [3.05, 3.63) is 59.7 Å². The molecular weight excluding hydrogens is 316 g/mol. The Bertz CT molecular complexity index is 660. The van der Waals surface area contributed by atoms with Gasteiger partial charge in [-0.15, -0.1) is 0 Å². The van der Waals surface area contributed by atoms with Gasteiger partial charge < -0.3 is 9.47 Å². The Balaban J connectivity index is 1.68. The van der Waals surface area contributed by atoms with E-state index in [1.165, 1.54) is 0 Å². The fourth-order valence-corrected chi connectivity index (χ4v) is 2.51. The largest absolute Gasteiger partial charge is 0.493 e. The van der Waals surface area contributed by atoms with Crippen molar-refractivity contribution in [3.8, 4) is 11.5 Å². The van der Waals surface area contributed by atoms with Crippen LogP contribution in [0.4, 0.5) is 0 Å². The minimum atomic E-state index is 0.00753. The number of rotatable bonds is 10. The van der Waals surface area contributed by atoms with Gasteiger partial charge in [-0.1, -0.05) is 24.3 Å². The summed E-state index contributed by atoms with van der Waals surface area (Å²) in [4.78, 5) is 23.1. The van der Waals surface area contributed by atoms with Gasteiger partial charge in [0.1, 0.15) is 11.5 Å². The van der Waals surface area contributed by atoms with Crippen LogP contribution in [0, 0.1) is 0 Å². The molecule has 132 valence electrons. The summed E-state index contributed by atoms with van der Waals surface area (Å²) < 4.78 is 11.4. The lowest BCUT2D eigenvalue weighted by Gasteiger charge is -2.11. The molecule has 0 aromatic heterocycles. The predicted octanol–water partition coefficient (Wildman–Crippen LogP) is 4.72. The van der Waals surface area contributed by atoms with Gasteiger partial charge >= 0.3 is 0 Å². The summed E-state index contributed by atoms with van der Waals surface area (Å²) in [5, 5.41) is 0. The van der Waals surface area contributed by atoms with Gasteiger partial charge in [0, 0.05) is 0 Å². The Labute approximate surface area is 148 Å². The molecule has 0 N–H and O–H groups in total. The van der Waals surface area contributed by atoms with Gasteiger partial charge in [-0.05, 0) is 57.4 Å². The molecule has 0 saturated heterocycles. The van der Waals surface area contributed by atoms with Crippen LogP contribution in [0.5, 0.6) is 11.5 Å². The molecule has 0 aliphatic carbocycles. The summed E-state index contributed by atoms with van der Waals surface area (Å²) in [6, 6.07) is 14.6. The Morgan fingerprint density at radius 3 is 1.48 bits per heavy atom. The number of benzene rings is 2. The molecule has 2 rings (SSSR count). The van der Waals surface area contributed by atoms with Gasteiger partial charge in [0.05, 0.1) is 24.3 Å². The van der Waals surface area contributed by atoms with Gasteiger partial charge in [-0.25, -0.2) is 0 Å². The van der Waals surface area contributed by atoms with Crippen LogP contribution in [0.1, 0.15) is 53.8 Å². The highest BCUT2D eigenvalue weighted by Crippen LogP contribution is 2.20. The van der Waals surface area contributed by atoms with E-state index in [4.69, 9.17) is 9.47 Å². The van der Waals surface area contributed by atoms with Crippen LogP contribution in [0.15, 0.2) is 48.5 Å². The van der Waals surface area contributed by atoms with Crippen molar-refractivity contribution in [2.24, 2.45) is 0 Å². The second-order valence-corrected chi connectivity index (χ2v) is 5.86. The first-order chi connectivity index (χ1) is 12.1. The second-order valence-electron chi connectivity index (χ2n) is 5.86. The van der Waals surface area contributed by atoms with Crippen molar-refractivity contribution in [1.82, 2.24) is 0 Å². The maximum absolute atomic E-state index is 11.5. The van der Waals surface area contributed by atoms with Gasteiger partial charge in [0.15, 0.2) is 11.6 Å². The molecule has 4 nitrogen and oxygen atoms in total. The molecule has 25 heavy (non-hydrogen) atoms. The van der Waals surface area contributed by atoms with Crippen LogP contribution in [-0.4, -0.2) is 24.8 Å². The first-order valence-corrected chi connectivity index (χ1v) is 8.55. The standard InChI is InChI=1S/C21H24O4/c1-16(22)18-10-4-6-12-20(18)24-14-8-3-9-15-25-21-13-7-5-11-19(21)17(2)23/h4-7,10-13H,3,8-9,14-15H2,1-2H3. The molecular formula is C21H24O4. The quantitative estimate of drug-likeness (QED) is 0.464. The molecule has 4 heteroatoms. The topological polar surface area (TPSA) is 52.6 Å². The Morgan fingerprint density at radius 2 is 1.08 bits per heavy atom. The summed E-state index contributed by atoms with van der Waals surface area (Å²) >= 11 is 0. The van der Waals surface area contributed by atoms with Crippen LogP contribution in [-0.2, 0) is 0 Å². The van der Waals surface area contributed by atoms with Gasteiger partial charge in [-0.2, -0.15) is 0 Å². The molecule has 0 unspecified atom stereocenters. The zero-order valence-electron chi connectivity index (χ0n) is 14.8. The van der Waals surface area contributed by atoms with Gasteiger partial charge in [0.2, 0.25) is 0 Å². The first kappa shape index (κ1) is 18.7. The van der Waals surface area contributed by atoms with Crippen molar-refractivity contribution < 1.29 is 19.1 Å². The van der Waals surface area contributed by atoms with Crippen LogP contribution in [0.25, 0.3) is 0 Å². The normalized spacial score (nSPS) is 10.3. The zero-order chi connectivity index (χ0) is 18.1. The fourth-order valence-electron chi connectivity index (χ4n) is 2.51. The number of ether oxygens (including phenoxy) is 2. The third kappa shape index (κ3) is 5.75. The molecule has 2 aromatic carbocycles. The lowest BCUT2D eigenvalue weighted by atomic mass is 10.1. The average Bonchev–Trinajstić information content (AvgIpc) is 2.61. The first-order valence-electron chi connectivity index (χ1n) is 8.55. The smallest absolute Gasteiger partial charge is 0.163 e. The molecule has 0 saturated carbocycles. The maximum atomic E-state index is 11.5. The number of hydrogen-bond acceptors (Lipinski definition) is 4. The summed E-state index contributed by atoms with van der Waals surface area (Å²) in [5.41, 5.74) is 1.23. The molecule has 0 aliphatic rings. The number of para-hydroxylation sites is 2. The SMILES string of the molecule is CC(=O)c1ccccc1OCCCCCOc1ccccc1C(C)=O. The maximum Gasteiger partial charge on any atom is 0.163 e. The second kappa shape index (κ2) is 9.62. The predicted molar refractivity (Wildman–Crippen MR) is 97.7 cm³/mol. The molecule has 0 bridgehead atoms. The molecule has 0 spiro atoms. The summed E-state index contributed by atoms with van der Waals surface area (Å²) in [6.45, 7) is 4.21. The molecule has 2 aromatic rings. The minimum Gasteiger partial charge on any atom is -0.493 e. The van der Waals surface area contributed by atoms with Crippen molar-refractivity contribution in [2.45, 2.75) is 33.1 Å². The minimum absolute atomic E-state index is 0.00753. The molecule has 0 fully saturated rings. The average molecular weight is 340 g/mol. The highest BCUT2D eigenvalue weighted by Gasteiger charge is 2.08. The number of Topliss-reactive ketones (excluding diaryl/α,β-unsaturated/α-hetero) is 2. The number of ketones is 2. The summed E-state index contributed by atoms with van der Waals surface area (Å²) in [6.07, 6.45) is 2.71.